The van der Waals surface area contributed by atoms with Crippen LogP contribution >= 0.6 is 15.9 Å². The van der Waals surface area contributed by atoms with Crippen LogP contribution in [0.15, 0.2) is 39.6 Å². The van der Waals surface area contributed by atoms with Gasteiger partial charge in [-0.3, -0.25) is 4.79 Å². The van der Waals surface area contributed by atoms with Crippen molar-refractivity contribution in [3.63, 3.8) is 0 Å². The minimum absolute atomic E-state index is 0.0625. The van der Waals surface area contributed by atoms with Gasteiger partial charge in [0.2, 0.25) is 5.56 Å². The predicted molar refractivity (Wildman–Crippen MR) is 94.6 cm³/mol. The Hall–Kier alpha value is -2.23. The minimum Gasteiger partial charge on any atom is -0.478 e. The van der Waals surface area contributed by atoms with E-state index in [1.54, 1.807) is 13.2 Å². The lowest BCUT2D eigenvalue weighted by atomic mass is 10.2. The summed E-state index contributed by atoms with van der Waals surface area (Å²) in [6.45, 7) is 0. The Balaban J connectivity index is 0.000000316. The van der Waals surface area contributed by atoms with Crippen LogP contribution in [0.5, 0.6) is 0 Å². The molecule has 2 aromatic rings. The molecule has 0 bridgehead atoms. The number of pyridine rings is 1. The van der Waals surface area contributed by atoms with Crippen molar-refractivity contribution in [2.75, 3.05) is 12.4 Å². The van der Waals surface area contributed by atoms with Crippen molar-refractivity contribution in [2.24, 2.45) is 0 Å². The molecule has 4 N–H and O–H groups in total. The molecule has 1 aromatic carbocycles. The van der Waals surface area contributed by atoms with Gasteiger partial charge >= 0.3 is 5.97 Å². The monoisotopic (exact) mass is 413 g/mol. The standard InChI is InChI=1S/C12H8BrFN2O3.C4H9NO/c13-6-1-3-9(8(14)5-6)15-11-7(12(18)19)2-4-10(17)16-11;1-6-5-4-2-3-4/h1-5H,(H,18,19)(H2,15,16,17);4-5H,2-3H2,1H3. The van der Waals surface area contributed by atoms with Gasteiger partial charge in [0.15, 0.2) is 0 Å². The first-order chi connectivity index (χ1) is 11.9. The highest BCUT2D eigenvalue weighted by molar-refractivity contribution is 9.10. The Morgan fingerprint density at radius 3 is 2.60 bits per heavy atom. The first-order valence-corrected chi connectivity index (χ1v) is 8.17. The summed E-state index contributed by atoms with van der Waals surface area (Å²) in [4.78, 5) is 29.1. The van der Waals surface area contributed by atoms with E-state index >= 15 is 0 Å². The second-order valence-electron chi connectivity index (χ2n) is 5.26. The van der Waals surface area contributed by atoms with Crippen LogP contribution in [0, 0.1) is 5.82 Å². The zero-order valence-corrected chi connectivity index (χ0v) is 14.9. The SMILES string of the molecule is CONC1CC1.O=C(O)c1ccc(=O)[nH]c1Nc1ccc(Br)cc1F. The quantitative estimate of drug-likeness (QED) is 0.561. The predicted octanol–water partition coefficient (Wildman–Crippen LogP) is 3.02. The molecule has 0 atom stereocenters. The van der Waals surface area contributed by atoms with Gasteiger partial charge < -0.3 is 20.2 Å². The molecule has 0 saturated heterocycles. The van der Waals surface area contributed by atoms with Crippen LogP contribution in [-0.4, -0.2) is 29.2 Å². The molecule has 134 valence electrons. The summed E-state index contributed by atoms with van der Waals surface area (Å²) in [5.41, 5.74) is 2.25. The molecule has 0 aliphatic heterocycles. The minimum atomic E-state index is -1.23. The normalized spacial score (nSPS) is 12.9. The van der Waals surface area contributed by atoms with Gasteiger partial charge in [-0.15, -0.1) is 0 Å². The molecule has 25 heavy (non-hydrogen) atoms. The molecule has 7 nitrogen and oxygen atoms in total. The number of aromatic amines is 1. The average molecular weight is 414 g/mol. The first-order valence-electron chi connectivity index (χ1n) is 7.38. The van der Waals surface area contributed by atoms with E-state index in [1.165, 1.54) is 25.0 Å². The number of hydrogen-bond acceptors (Lipinski definition) is 5. The molecule has 0 unspecified atom stereocenters. The number of aromatic carboxylic acids is 1. The fraction of sp³-hybridized carbons (Fsp3) is 0.250. The van der Waals surface area contributed by atoms with Gasteiger partial charge in [0.25, 0.3) is 0 Å². The number of hydrogen-bond donors (Lipinski definition) is 4. The fourth-order valence-corrected chi connectivity index (χ4v) is 2.18. The number of halogens is 2. The molecular weight excluding hydrogens is 397 g/mol. The van der Waals surface area contributed by atoms with Gasteiger partial charge in [-0.2, -0.15) is 5.48 Å². The molecule has 1 saturated carbocycles. The van der Waals surface area contributed by atoms with E-state index in [9.17, 15) is 14.0 Å². The summed E-state index contributed by atoms with van der Waals surface area (Å²) in [6, 6.07) is 7.16. The Morgan fingerprint density at radius 1 is 1.36 bits per heavy atom. The lowest BCUT2D eigenvalue weighted by Gasteiger charge is -2.09. The number of anilines is 2. The van der Waals surface area contributed by atoms with E-state index < -0.39 is 17.3 Å². The average Bonchev–Trinajstić information content (AvgIpc) is 3.35. The number of H-pyrrole nitrogens is 1. The Labute approximate surface area is 151 Å². The van der Waals surface area contributed by atoms with Crippen LogP contribution < -0.4 is 16.4 Å². The summed E-state index contributed by atoms with van der Waals surface area (Å²) in [7, 11) is 1.65. The molecule has 1 aromatic heterocycles. The van der Waals surface area contributed by atoms with Crippen LogP contribution in [-0.2, 0) is 4.84 Å². The third-order valence-electron chi connectivity index (χ3n) is 3.20. The lowest BCUT2D eigenvalue weighted by molar-refractivity contribution is 0.0697. The number of carboxylic acids is 1. The summed E-state index contributed by atoms with van der Waals surface area (Å²) < 4.78 is 14.2. The van der Waals surface area contributed by atoms with E-state index in [-0.39, 0.29) is 17.1 Å². The number of carbonyl (C=O) groups is 1. The van der Waals surface area contributed by atoms with Gasteiger partial charge in [-0.05, 0) is 37.1 Å². The van der Waals surface area contributed by atoms with Crippen molar-refractivity contribution in [1.82, 2.24) is 10.5 Å². The highest BCUT2D eigenvalue weighted by Crippen LogP contribution is 2.23. The van der Waals surface area contributed by atoms with Crippen LogP contribution in [0.2, 0.25) is 0 Å². The second-order valence-corrected chi connectivity index (χ2v) is 6.18. The maximum atomic E-state index is 13.6. The van der Waals surface area contributed by atoms with Crippen molar-refractivity contribution in [1.29, 1.82) is 0 Å². The smallest absolute Gasteiger partial charge is 0.339 e. The molecule has 3 rings (SSSR count). The summed E-state index contributed by atoms with van der Waals surface area (Å²) in [5, 5.41) is 11.5. The number of hydroxylamine groups is 1. The van der Waals surface area contributed by atoms with Crippen molar-refractivity contribution in [3.05, 3.63) is 56.5 Å². The molecule has 1 aliphatic carbocycles. The van der Waals surface area contributed by atoms with Gasteiger partial charge in [0.05, 0.1) is 12.8 Å². The second kappa shape index (κ2) is 8.75. The van der Waals surface area contributed by atoms with Gasteiger partial charge in [-0.25, -0.2) is 9.18 Å². The lowest BCUT2D eigenvalue weighted by Crippen LogP contribution is -2.13. The van der Waals surface area contributed by atoms with E-state index in [2.05, 4.69) is 36.5 Å². The Kier molecular flexibility index (Phi) is 6.68. The summed E-state index contributed by atoms with van der Waals surface area (Å²) >= 11 is 3.11. The van der Waals surface area contributed by atoms with Crippen LogP contribution in [0.4, 0.5) is 15.9 Å². The Bertz CT molecular complexity index is 808. The number of carboxylic acid groups (broad SMARTS) is 1. The third kappa shape index (κ3) is 5.96. The largest absolute Gasteiger partial charge is 0.478 e. The van der Waals surface area contributed by atoms with Crippen LogP contribution in [0.25, 0.3) is 0 Å². The van der Waals surface area contributed by atoms with Crippen molar-refractivity contribution in [2.45, 2.75) is 18.9 Å². The molecule has 1 aliphatic rings. The van der Waals surface area contributed by atoms with Gasteiger partial charge in [0.1, 0.15) is 17.2 Å². The van der Waals surface area contributed by atoms with E-state index in [0.29, 0.717) is 10.5 Å². The number of nitrogens with one attached hydrogen (secondary N) is 3. The van der Waals surface area contributed by atoms with Gasteiger partial charge in [-0.1, -0.05) is 15.9 Å². The zero-order chi connectivity index (χ0) is 18.4. The van der Waals surface area contributed by atoms with Crippen molar-refractivity contribution in [3.8, 4) is 0 Å². The molecule has 0 spiro atoms. The fourth-order valence-electron chi connectivity index (χ4n) is 1.84. The number of benzene rings is 1. The highest BCUT2D eigenvalue weighted by Gasteiger charge is 2.19. The summed E-state index contributed by atoms with van der Waals surface area (Å²) in [6.07, 6.45) is 2.57. The van der Waals surface area contributed by atoms with Crippen molar-refractivity contribution >= 4 is 33.4 Å². The van der Waals surface area contributed by atoms with Gasteiger partial charge in [0, 0.05) is 16.6 Å². The molecule has 9 heteroatoms. The number of aromatic nitrogens is 1. The molecule has 0 radical (unpaired) electrons. The van der Waals surface area contributed by atoms with Crippen LogP contribution in [0.3, 0.4) is 0 Å². The summed E-state index contributed by atoms with van der Waals surface area (Å²) in [5.74, 6) is -1.87. The maximum Gasteiger partial charge on any atom is 0.339 e. The van der Waals surface area contributed by atoms with Crippen LogP contribution in [0.1, 0.15) is 23.2 Å². The van der Waals surface area contributed by atoms with E-state index in [4.69, 9.17) is 5.11 Å². The van der Waals surface area contributed by atoms with E-state index in [0.717, 1.165) is 12.1 Å². The topological polar surface area (TPSA) is 103 Å². The van der Waals surface area contributed by atoms with E-state index in [1.807, 2.05) is 0 Å². The number of rotatable bonds is 5. The highest BCUT2D eigenvalue weighted by atomic mass is 79.9. The van der Waals surface area contributed by atoms with Crippen molar-refractivity contribution < 1.29 is 19.1 Å². The molecule has 0 amide bonds. The molecule has 1 heterocycles. The third-order valence-corrected chi connectivity index (χ3v) is 3.70. The first kappa shape index (κ1) is 19.1. The maximum absolute atomic E-state index is 13.6. The Morgan fingerprint density at radius 2 is 2.08 bits per heavy atom. The zero-order valence-electron chi connectivity index (χ0n) is 13.3. The molecular formula is C16H17BrFN3O4. The molecule has 1 fully saturated rings.